The van der Waals surface area contributed by atoms with Crippen molar-refractivity contribution in [3.8, 4) is 0 Å². The van der Waals surface area contributed by atoms with Crippen LogP contribution >= 0.6 is 11.6 Å². The molecule has 1 aromatic rings. The maximum Gasteiger partial charge on any atom is 0.226 e. The average Bonchev–Trinajstić information content (AvgIpc) is 2.30. The molecule has 0 unspecified atom stereocenters. The number of carbonyl (C=O) groups excluding carboxylic acids is 1. The van der Waals surface area contributed by atoms with E-state index in [2.05, 4.69) is 0 Å². The van der Waals surface area contributed by atoms with Crippen LogP contribution in [-0.2, 0) is 11.2 Å². The number of likely N-dealkylation sites (N-methyl/N-ethyl adjacent to an activating group) is 1. The maximum atomic E-state index is 12.0. The molecule has 0 aromatic heterocycles. The van der Waals surface area contributed by atoms with Gasteiger partial charge in [-0.2, -0.15) is 0 Å². The minimum Gasteiger partial charge on any atom is -0.396 e. The lowest BCUT2D eigenvalue weighted by Crippen LogP contribution is -2.33. The van der Waals surface area contributed by atoms with Gasteiger partial charge in [-0.1, -0.05) is 23.7 Å². The van der Waals surface area contributed by atoms with E-state index in [1.807, 2.05) is 19.1 Å². The zero-order valence-corrected chi connectivity index (χ0v) is 10.8. The molecule has 1 amide bonds. The molecule has 4 heteroatoms. The molecule has 3 nitrogen and oxygen atoms in total. The normalized spacial score (nSPS) is 10.3. The van der Waals surface area contributed by atoms with Crippen molar-refractivity contribution in [3.05, 3.63) is 34.9 Å². The molecular formula is C13H18ClNO2. The molecule has 17 heavy (non-hydrogen) atoms. The lowest BCUT2D eigenvalue weighted by molar-refractivity contribution is -0.130. The van der Waals surface area contributed by atoms with Crippen molar-refractivity contribution in [2.24, 2.45) is 0 Å². The first-order chi connectivity index (χ1) is 8.17. The topological polar surface area (TPSA) is 40.5 Å². The molecule has 0 saturated heterocycles. The van der Waals surface area contributed by atoms with E-state index in [4.69, 9.17) is 16.7 Å². The van der Waals surface area contributed by atoms with Gasteiger partial charge in [0.25, 0.3) is 0 Å². The van der Waals surface area contributed by atoms with Crippen LogP contribution in [0.2, 0.25) is 5.02 Å². The zero-order chi connectivity index (χ0) is 12.7. The number of carbonyl (C=O) groups is 1. The van der Waals surface area contributed by atoms with Crippen LogP contribution in [0.25, 0.3) is 0 Å². The van der Waals surface area contributed by atoms with Crippen LogP contribution in [0, 0.1) is 0 Å². The summed E-state index contributed by atoms with van der Waals surface area (Å²) in [5.41, 5.74) is 0.921. The van der Waals surface area contributed by atoms with Crippen LogP contribution in [-0.4, -0.2) is 35.6 Å². The summed E-state index contributed by atoms with van der Waals surface area (Å²) in [6, 6.07) is 7.33. The van der Waals surface area contributed by atoms with Gasteiger partial charge in [-0.15, -0.1) is 0 Å². The van der Waals surface area contributed by atoms with E-state index in [-0.39, 0.29) is 12.5 Å². The molecule has 0 aliphatic heterocycles. The highest BCUT2D eigenvalue weighted by Crippen LogP contribution is 2.12. The quantitative estimate of drug-likeness (QED) is 0.846. The molecule has 1 aromatic carbocycles. The summed E-state index contributed by atoms with van der Waals surface area (Å²) < 4.78 is 0. The number of benzene rings is 1. The number of halogens is 1. The van der Waals surface area contributed by atoms with E-state index >= 15 is 0 Å². The zero-order valence-electron chi connectivity index (χ0n) is 10.0. The van der Waals surface area contributed by atoms with Crippen LogP contribution in [0.4, 0.5) is 0 Å². The van der Waals surface area contributed by atoms with Crippen molar-refractivity contribution < 1.29 is 9.90 Å². The molecule has 0 heterocycles. The van der Waals surface area contributed by atoms with Crippen LogP contribution in [0.3, 0.4) is 0 Å². The monoisotopic (exact) mass is 255 g/mol. The molecule has 0 radical (unpaired) electrons. The molecule has 0 spiro atoms. The van der Waals surface area contributed by atoms with Crippen molar-refractivity contribution in [3.63, 3.8) is 0 Å². The fourth-order valence-corrected chi connectivity index (χ4v) is 1.87. The van der Waals surface area contributed by atoms with E-state index in [1.165, 1.54) is 0 Å². The number of hydrogen-bond acceptors (Lipinski definition) is 2. The SMILES string of the molecule is CCN(CCCO)C(=O)Cc1cccc(Cl)c1. The first-order valence-electron chi connectivity index (χ1n) is 5.80. The summed E-state index contributed by atoms with van der Waals surface area (Å²) >= 11 is 5.87. The first-order valence-corrected chi connectivity index (χ1v) is 6.18. The van der Waals surface area contributed by atoms with E-state index in [0.29, 0.717) is 31.0 Å². The summed E-state index contributed by atoms with van der Waals surface area (Å²) in [6.45, 7) is 3.32. The van der Waals surface area contributed by atoms with Crippen molar-refractivity contribution in [1.82, 2.24) is 4.90 Å². The van der Waals surface area contributed by atoms with Gasteiger partial charge in [0, 0.05) is 24.7 Å². The number of rotatable bonds is 6. The van der Waals surface area contributed by atoms with Gasteiger partial charge in [0.15, 0.2) is 0 Å². The molecule has 0 bridgehead atoms. The molecule has 0 fully saturated rings. The Labute approximate surface area is 107 Å². The standard InChI is InChI=1S/C13H18ClNO2/c1-2-15(7-4-8-16)13(17)10-11-5-3-6-12(14)9-11/h3,5-6,9,16H,2,4,7-8,10H2,1H3. The first kappa shape index (κ1) is 14.0. The van der Waals surface area contributed by atoms with Crippen molar-refractivity contribution in [1.29, 1.82) is 0 Å². The lowest BCUT2D eigenvalue weighted by Gasteiger charge is -2.20. The predicted molar refractivity (Wildman–Crippen MR) is 69.1 cm³/mol. The van der Waals surface area contributed by atoms with Crippen LogP contribution in [0.5, 0.6) is 0 Å². The molecule has 0 atom stereocenters. The Balaban J connectivity index is 2.57. The predicted octanol–water partition coefficient (Wildman–Crippen LogP) is 2.11. The van der Waals surface area contributed by atoms with Crippen LogP contribution < -0.4 is 0 Å². The summed E-state index contributed by atoms with van der Waals surface area (Å²) in [4.78, 5) is 13.7. The molecule has 0 aliphatic carbocycles. The number of hydrogen-bond donors (Lipinski definition) is 1. The maximum absolute atomic E-state index is 12.0. The number of aliphatic hydroxyl groups is 1. The summed E-state index contributed by atoms with van der Waals surface area (Å²) in [5, 5.41) is 9.41. The van der Waals surface area contributed by atoms with E-state index < -0.39 is 0 Å². The van der Waals surface area contributed by atoms with Gasteiger partial charge in [-0.05, 0) is 31.0 Å². The Hall–Kier alpha value is -1.06. The van der Waals surface area contributed by atoms with Crippen LogP contribution in [0.1, 0.15) is 18.9 Å². The second-order valence-corrected chi connectivity index (χ2v) is 4.29. The minimum absolute atomic E-state index is 0.0724. The van der Waals surface area contributed by atoms with Gasteiger partial charge in [-0.3, -0.25) is 4.79 Å². The minimum atomic E-state index is 0.0724. The van der Waals surface area contributed by atoms with E-state index in [0.717, 1.165) is 5.56 Å². The highest BCUT2D eigenvalue weighted by atomic mass is 35.5. The third kappa shape index (κ3) is 4.75. The smallest absolute Gasteiger partial charge is 0.226 e. The fraction of sp³-hybridized carbons (Fsp3) is 0.462. The largest absolute Gasteiger partial charge is 0.396 e. The number of amides is 1. The summed E-state index contributed by atoms with van der Waals surface area (Å²) in [6.07, 6.45) is 0.981. The van der Waals surface area contributed by atoms with Crippen molar-refractivity contribution in [2.75, 3.05) is 19.7 Å². The molecule has 0 saturated carbocycles. The Kier molecular flexibility index (Phi) is 6.01. The highest BCUT2D eigenvalue weighted by Gasteiger charge is 2.11. The van der Waals surface area contributed by atoms with Crippen molar-refractivity contribution >= 4 is 17.5 Å². The number of aliphatic hydroxyl groups excluding tert-OH is 1. The average molecular weight is 256 g/mol. The Bertz CT molecular complexity index is 368. The molecule has 0 aliphatic rings. The second kappa shape index (κ2) is 7.30. The van der Waals surface area contributed by atoms with Gasteiger partial charge in [0.2, 0.25) is 5.91 Å². The molecular weight excluding hydrogens is 238 g/mol. The Morgan fingerprint density at radius 3 is 2.82 bits per heavy atom. The highest BCUT2D eigenvalue weighted by molar-refractivity contribution is 6.30. The lowest BCUT2D eigenvalue weighted by atomic mass is 10.1. The fourth-order valence-electron chi connectivity index (χ4n) is 1.65. The van der Waals surface area contributed by atoms with Crippen LogP contribution in [0.15, 0.2) is 24.3 Å². The second-order valence-electron chi connectivity index (χ2n) is 3.86. The van der Waals surface area contributed by atoms with E-state index in [1.54, 1.807) is 17.0 Å². The van der Waals surface area contributed by atoms with Gasteiger partial charge in [-0.25, -0.2) is 0 Å². The molecule has 1 N–H and O–H groups in total. The Morgan fingerprint density at radius 1 is 1.47 bits per heavy atom. The molecule has 1 rings (SSSR count). The van der Waals surface area contributed by atoms with Gasteiger partial charge >= 0.3 is 0 Å². The Morgan fingerprint density at radius 2 is 2.24 bits per heavy atom. The third-order valence-electron chi connectivity index (χ3n) is 2.56. The third-order valence-corrected chi connectivity index (χ3v) is 2.80. The summed E-state index contributed by atoms with van der Waals surface area (Å²) in [5.74, 6) is 0.0724. The summed E-state index contributed by atoms with van der Waals surface area (Å²) in [7, 11) is 0. The van der Waals surface area contributed by atoms with Gasteiger partial charge < -0.3 is 10.0 Å². The number of nitrogens with zero attached hydrogens (tertiary/aromatic N) is 1. The van der Waals surface area contributed by atoms with E-state index in [9.17, 15) is 4.79 Å². The van der Waals surface area contributed by atoms with Gasteiger partial charge in [0.05, 0.1) is 6.42 Å². The van der Waals surface area contributed by atoms with Gasteiger partial charge in [0.1, 0.15) is 0 Å². The molecule has 94 valence electrons. The van der Waals surface area contributed by atoms with Crippen molar-refractivity contribution in [2.45, 2.75) is 19.8 Å².